The lowest BCUT2D eigenvalue weighted by molar-refractivity contribution is 0.186. The van der Waals surface area contributed by atoms with Gasteiger partial charge in [0.25, 0.3) is 0 Å². The van der Waals surface area contributed by atoms with Gasteiger partial charge in [0.1, 0.15) is 5.69 Å². The topological polar surface area (TPSA) is 104 Å². The number of aromatic amines is 2. The first-order valence-corrected chi connectivity index (χ1v) is 11.2. The minimum atomic E-state index is 0.508. The first-order valence-electron chi connectivity index (χ1n) is 11.2. The van der Waals surface area contributed by atoms with Crippen molar-refractivity contribution in [2.24, 2.45) is 0 Å². The van der Waals surface area contributed by atoms with Gasteiger partial charge in [-0.15, -0.1) is 0 Å². The maximum absolute atomic E-state index is 5.32. The second-order valence-corrected chi connectivity index (χ2v) is 8.14. The molecule has 0 aliphatic rings. The van der Waals surface area contributed by atoms with Crippen LogP contribution >= 0.6 is 0 Å². The molecule has 0 fully saturated rings. The predicted molar refractivity (Wildman–Crippen MR) is 130 cm³/mol. The Labute approximate surface area is 191 Å². The number of benzene rings is 1. The number of rotatable bonds is 9. The molecular weight excluding hydrogens is 414 g/mol. The summed E-state index contributed by atoms with van der Waals surface area (Å²) in [6.45, 7) is 4.52. The highest BCUT2D eigenvalue weighted by Gasteiger charge is 2.15. The Morgan fingerprint density at radius 1 is 1.09 bits per heavy atom. The van der Waals surface area contributed by atoms with Crippen LogP contribution in [0.4, 0.5) is 0 Å². The zero-order chi connectivity index (χ0) is 22.6. The first kappa shape index (κ1) is 21.2. The molecule has 3 N–H and O–H groups in total. The summed E-state index contributed by atoms with van der Waals surface area (Å²) in [5.41, 5.74) is 7.52. The van der Waals surface area contributed by atoms with Crippen LogP contribution < -0.4 is 5.32 Å². The van der Waals surface area contributed by atoms with E-state index in [-0.39, 0.29) is 0 Å². The average molecular weight is 442 g/mol. The number of nitrogens with one attached hydrogen (secondary N) is 3. The number of nitrogens with zero attached hydrogens (tertiary/aromatic N) is 4. The monoisotopic (exact) mass is 441 g/mol. The maximum Gasteiger partial charge on any atom is 0.181 e. The van der Waals surface area contributed by atoms with Crippen molar-refractivity contribution in [2.75, 3.05) is 13.7 Å². The van der Waals surface area contributed by atoms with Gasteiger partial charge in [-0.05, 0) is 36.7 Å². The van der Waals surface area contributed by atoms with Crippen molar-refractivity contribution in [2.45, 2.75) is 32.9 Å². The molecule has 8 nitrogen and oxygen atoms in total. The van der Waals surface area contributed by atoms with Gasteiger partial charge in [-0.1, -0.05) is 25.5 Å². The molecule has 0 radical (unpaired) electrons. The fourth-order valence-electron chi connectivity index (χ4n) is 4.00. The third-order valence-corrected chi connectivity index (χ3v) is 5.71. The van der Waals surface area contributed by atoms with Crippen LogP contribution in [0.25, 0.3) is 44.7 Å². The van der Waals surface area contributed by atoms with Crippen molar-refractivity contribution in [3.05, 3.63) is 60.0 Å². The lowest BCUT2D eigenvalue weighted by Crippen LogP contribution is -2.14. The van der Waals surface area contributed by atoms with Crippen LogP contribution in [0.1, 0.15) is 30.9 Å². The van der Waals surface area contributed by atoms with Crippen molar-refractivity contribution < 1.29 is 4.74 Å². The van der Waals surface area contributed by atoms with E-state index < -0.39 is 0 Å². The molecule has 33 heavy (non-hydrogen) atoms. The number of ether oxygens (including phenoxy) is 1. The van der Waals surface area contributed by atoms with Crippen LogP contribution in [0, 0.1) is 0 Å². The Kier molecular flexibility index (Phi) is 6.10. The van der Waals surface area contributed by atoms with E-state index in [9.17, 15) is 0 Å². The summed E-state index contributed by atoms with van der Waals surface area (Å²) in [6.07, 6.45) is 7.97. The summed E-state index contributed by atoms with van der Waals surface area (Å²) in [6, 6.07) is 10.3. The number of H-pyrrole nitrogens is 2. The molecule has 5 aromatic rings. The number of methoxy groups -OCH3 is 1. The molecule has 0 unspecified atom stereocenters. The van der Waals surface area contributed by atoms with E-state index in [4.69, 9.17) is 9.72 Å². The molecule has 0 spiro atoms. The summed E-state index contributed by atoms with van der Waals surface area (Å²) in [5, 5.41) is 11.9. The molecule has 4 aromatic heterocycles. The number of unbranched alkanes of at least 4 members (excludes halogenated alkanes) is 1. The van der Waals surface area contributed by atoms with E-state index in [1.807, 2.05) is 36.8 Å². The molecule has 0 saturated heterocycles. The highest BCUT2D eigenvalue weighted by molar-refractivity contribution is 5.93. The summed E-state index contributed by atoms with van der Waals surface area (Å²) >= 11 is 0. The summed E-state index contributed by atoms with van der Waals surface area (Å²) in [7, 11) is 1.69. The van der Waals surface area contributed by atoms with Crippen molar-refractivity contribution in [1.29, 1.82) is 0 Å². The number of aromatic nitrogens is 6. The van der Waals surface area contributed by atoms with E-state index in [0.29, 0.717) is 12.3 Å². The fourth-order valence-corrected chi connectivity index (χ4v) is 4.00. The zero-order valence-corrected chi connectivity index (χ0v) is 18.9. The lowest BCUT2D eigenvalue weighted by atomic mass is 10.1. The smallest absolute Gasteiger partial charge is 0.181 e. The SMILES string of the molecule is CCCCNCc1cncc(-c2cnc3n[nH]c(-c4nc5c(COC)cccc5[nH]4)c3c2)c1. The number of pyridine rings is 2. The van der Waals surface area contributed by atoms with Crippen LogP contribution in [0.3, 0.4) is 0 Å². The van der Waals surface area contributed by atoms with E-state index in [1.165, 1.54) is 12.8 Å². The Morgan fingerprint density at radius 2 is 2.00 bits per heavy atom. The highest BCUT2D eigenvalue weighted by atomic mass is 16.5. The van der Waals surface area contributed by atoms with Gasteiger partial charge in [-0.3, -0.25) is 10.1 Å². The Morgan fingerprint density at radius 3 is 2.88 bits per heavy atom. The molecule has 0 amide bonds. The minimum absolute atomic E-state index is 0.508. The zero-order valence-electron chi connectivity index (χ0n) is 18.9. The molecule has 0 atom stereocenters. The van der Waals surface area contributed by atoms with Crippen molar-refractivity contribution in [1.82, 2.24) is 35.5 Å². The number of para-hydroxylation sites is 1. The highest BCUT2D eigenvalue weighted by Crippen LogP contribution is 2.30. The molecular formula is C25H27N7O. The van der Waals surface area contributed by atoms with Crippen molar-refractivity contribution >= 4 is 22.1 Å². The standard InChI is InChI=1S/C25H27N7O/c1-3-4-8-26-11-16-9-18(13-27-12-16)19-10-20-23(31-32-24(20)28-14-19)25-29-21-7-5-6-17(15-33-2)22(21)30-25/h5-7,9-10,12-14,26H,3-4,8,11,15H2,1-2H3,(H,29,30)(H,28,31,32). The molecule has 0 aliphatic heterocycles. The van der Waals surface area contributed by atoms with Crippen LogP contribution in [0.2, 0.25) is 0 Å². The van der Waals surface area contributed by atoms with Crippen molar-refractivity contribution in [3.8, 4) is 22.6 Å². The molecule has 8 heteroatoms. The Hall–Kier alpha value is -3.62. The third kappa shape index (κ3) is 4.35. The predicted octanol–water partition coefficient (Wildman–Crippen LogP) is 4.60. The minimum Gasteiger partial charge on any atom is -0.380 e. The Balaban J connectivity index is 1.49. The lowest BCUT2D eigenvalue weighted by Gasteiger charge is -2.06. The van der Waals surface area contributed by atoms with E-state index in [2.05, 4.69) is 49.5 Å². The fraction of sp³-hybridized carbons (Fsp3) is 0.280. The van der Waals surface area contributed by atoms with Gasteiger partial charge >= 0.3 is 0 Å². The largest absolute Gasteiger partial charge is 0.380 e. The van der Waals surface area contributed by atoms with Gasteiger partial charge < -0.3 is 15.0 Å². The number of imidazole rings is 1. The van der Waals surface area contributed by atoms with Crippen LogP contribution in [0.5, 0.6) is 0 Å². The summed E-state index contributed by atoms with van der Waals surface area (Å²) in [4.78, 5) is 17.3. The normalized spacial score (nSPS) is 11.6. The summed E-state index contributed by atoms with van der Waals surface area (Å²) in [5.74, 6) is 0.724. The number of hydrogen-bond acceptors (Lipinski definition) is 6. The molecule has 1 aromatic carbocycles. The third-order valence-electron chi connectivity index (χ3n) is 5.71. The summed E-state index contributed by atoms with van der Waals surface area (Å²) < 4.78 is 5.32. The molecule has 0 aliphatic carbocycles. The van der Waals surface area contributed by atoms with Gasteiger partial charge in [0.05, 0.1) is 23.0 Å². The van der Waals surface area contributed by atoms with E-state index in [0.717, 1.165) is 63.3 Å². The van der Waals surface area contributed by atoms with Gasteiger partial charge in [-0.25, -0.2) is 9.97 Å². The van der Waals surface area contributed by atoms with E-state index >= 15 is 0 Å². The maximum atomic E-state index is 5.32. The molecule has 168 valence electrons. The van der Waals surface area contributed by atoms with Crippen LogP contribution in [-0.4, -0.2) is 43.8 Å². The van der Waals surface area contributed by atoms with Gasteiger partial charge in [0.15, 0.2) is 11.5 Å². The molecule has 0 bridgehead atoms. The van der Waals surface area contributed by atoms with Gasteiger partial charge in [-0.2, -0.15) is 5.10 Å². The second kappa shape index (κ2) is 9.48. The quantitative estimate of drug-likeness (QED) is 0.289. The number of fused-ring (bicyclic) bond motifs is 2. The van der Waals surface area contributed by atoms with Gasteiger partial charge in [0.2, 0.25) is 0 Å². The van der Waals surface area contributed by atoms with E-state index in [1.54, 1.807) is 7.11 Å². The van der Waals surface area contributed by atoms with Crippen molar-refractivity contribution in [3.63, 3.8) is 0 Å². The van der Waals surface area contributed by atoms with Crippen LogP contribution in [-0.2, 0) is 17.9 Å². The van der Waals surface area contributed by atoms with Gasteiger partial charge in [0, 0.05) is 48.9 Å². The van der Waals surface area contributed by atoms with Crippen LogP contribution in [0.15, 0.2) is 48.9 Å². The average Bonchev–Trinajstić information content (AvgIpc) is 3.46. The molecule has 0 saturated carbocycles. The first-order chi connectivity index (χ1) is 16.3. The molecule has 4 heterocycles. The number of hydrogen-bond donors (Lipinski definition) is 3. The Bertz CT molecular complexity index is 1390. The molecule has 5 rings (SSSR count). The second-order valence-electron chi connectivity index (χ2n) is 8.14.